The minimum atomic E-state index is -0.225. The Kier molecular flexibility index (Phi) is 40.8. The third kappa shape index (κ3) is 30.1. The molecule has 13 nitrogen and oxygen atoms in total. The van der Waals surface area contributed by atoms with Crippen molar-refractivity contribution in [1.82, 2.24) is 24.5 Å². The normalized spacial score (nSPS) is 16.1. The number of furan rings is 2. The molecule has 712 valence electrons. The zero-order valence-electron chi connectivity index (χ0n) is 80.4. The Morgan fingerprint density at radius 3 is 0.826 bits per heavy atom. The number of carbonyl (C=O) groups excluding carboxylic acids is 5. The van der Waals surface area contributed by atoms with Crippen LogP contribution in [0.25, 0.3) is 0 Å². The van der Waals surface area contributed by atoms with E-state index in [1.807, 2.05) is 135 Å². The minimum Gasteiger partial charge on any atom is -0.469 e. The molecular weight excluding hydrogens is 1800 g/mol. The highest BCUT2D eigenvalue weighted by Gasteiger charge is 2.36. The maximum absolute atomic E-state index is 11.8. The molecule has 15 rings (SSSR count). The van der Waals surface area contributed by atoms with E-state index in [1.54, 1.807) is 40.2 Å². The lowest BCUT2D eigenvalue weighted by atomic mass is 9.83. The summed E-state index contributed by atoms with van der Waals surface area (Å²) in [6.45, 7) is 35.4. The Bertz CT molecular complexity index is 4800. The number of fused-ring (bicyclic) bond motifs is 5. The lowest BCUT2D eigenvalue weighted by Crippen LogP contribution is -2.34. The highest BCUT2D eigenvalue weighted by molar-refractivity contribution is 7.10. The molecule has 0 radical (unpaired) electrons. The van der Waals surface area contributed by atoms with Crippen LogP contribution in [-0.4, -0.2) is 92.9 Å². The lowest BCUT2D eigenvalue weighted by molar-refractivity contribution is -0.143. The quantitative estimate of drug-likeness (QED) is 0.0268. The van der Waals surface area contributed by atoms with E-state index in [4.69, 9.17) is 71.6 Å². The fourth-order valence-electron chi connectivity index (χ4n) is 18.9. The van der Waals surface area contributed by atoms with Gasteiger partial charge in [0.1, 0.15) is 34.7 Å². The van der Waals surface area contributed by atoms with Crippen LogP contribution in [-0.2, 0) is 93.5 Å². The molecule has 132 heavy (non-hydrogen) atoms. The summed E-state index contributed by atoms with van der Waals surface area (Å²) in [5.74, 6) is 3.21. The second-order valence-corrected chi connectivity index (χ2v) is 44.3. The van der Waals surface area contributed by atoms with Crippen LogP contribution in [0.1, 0.15) is 318 Å². The smallest absolute Gasteiger partial charge is 0.305 e. The van der Waals surface area contributed by atoms with Crippen LogP contribution in [0, 0.1) is 21.7 Å². The predicted octanol–water partition coefficient (Wildman–Crippen LogP) is 30.6. The molecule has 0 fully saturated rings. The molecule has 5 aliphatic rings. The summed E-state index contributed by atoms with van der Waals surface area (Å²) >= 11 is 38.3. The molecule has 0 aliphatic carbocycles. The zero-order chi connectivity index (χ0) is 94.7. The van der Waals surface area contributed by atoms with Crippen LogP contribution in [0.4, 0.5) is 0 Å². The van der Waals surface area contributed by atoms with Crippen LogP contribution < -0.4 is 0 Å². The van der Waals surface area contributed by atoms with Crippen LogP contribution >= 0.6 is 92.0 Å². The van der Waals surface area contributed by atoms with E-state index in [0.717, 1.165) is 249 Å². The van der Waals surface area contributed by atoms with Crippen molar-refractivity contribution in [3.8, 4) is 0 Å². The number of rotatable bonds is 38. The first-order valence-electron chi connectivity index (χ1n) is 48.1. The van der Waals surface area contributed by atoms with Gasteiger partial charge >= 0.3 is 5.97 Å². The van der Waals surface area contributed by atoms with Crippen molar-refractivity contribution in [3.63, 3.8) is 0 Å². The molecule has 0 saturated carbocycles. The van der Waals surface area contributed by atoms with Gasteiger partial charge in [0, 0.05) is 187 Å². The second kappa shape index (κ2) is 51.0. The maximum Gasteiger partial charge on any atom is 0.305 e. The largest absolute Gasteiger partial charge is 0.469 e. The summed E-state index contributed by atoms with van der Waals surface area (Å²) in [6, 6.07) is 53.2. The van der Waals surface area contributed by atoms with E-state index in [2.05, 4.69) is 153 Å². The summed E-state index contributed by atoms with van der Waals surface area (Å²) < 4.78 is 16.3. The summed E-state index contributed by atoms with van der Waals surface area (Å²) in [6.07, 6.45) is 26.6. The first kappa shape index (κ1) is 106. The molecule has 0 amide bonds. The van der Waals surface area contributed by atoms with Gasteiger partial charge in [-0.1, -0.05) is 256 Å². The Morgan fingerprint density at radius 2 is 0.576 bits per heavy atom. The number of hydrogen-bond donors (Lipinski definition) is 0. The fourth-order valence-corrected chi connectivity index (χ4v) is 22.9. The Labute approximate surface area is 825 Å². The van der Waals surface area contributed by atoms with Crippen molar-refractivity contribution in [3.05, 3.63) is 287 Å². The average Bonchev–Trinajstić information content (AvgIpc) is 1.69. The molecule has 21 heteroatoms. The van der Waals surface area contributed by atoms with E-state index in [1.165, 1.54) is 64.7 Å². The highest BCUT2D eigenvalue weighted by atomic mass is 35.5. The van der Waals surface area contributed by atoms with Crippen LogP contribution in [0.15, 0.2) is 189 Å². The number of nitrogens with zero attached hydrogens (tertiary/aromatic N) is 5. The van der Waals surface area contributed by atoms with Crippen molar-refractivity contribution in [2.24, 2.45) is 21.7 Å². The van der Waals surface area contributed by atoms with Gasteiger partial charge in [-0.2, -0.15) is 0 Å². The van der Waals surface area contributed by atoms with Gasteiger partial charge in [0.2, 0.25) is 0 Å². The molecule has 0 N–H and O–H groups in total. The number of unbranched alkanes of at least 4 members (excludes halogenated alkanes) is 4. The second-order valence-electron chi connectivity index (χ2n) is 39.2. The van der Waals surface area contributed by atoms with Gasteiger partial charge in [-0.05, 0) is 233 Å². The van der Waals surface area contributed by atoms with Crippen LogP contribution in [0.2, 0.25) is 25.1 Å². The standard InChI is InChI=1S/2C23H30ClNO2.2C23H30ClNOS.C19H22ClNO2S/c4*1-17(26)23(2,3)13-7-6-10-21(19-8-4-5-9-20(19)24)25-14-11-22-18(16-25)12-15-27-22;1-2-23-19(22)8-7-17(15-5-3-4-6-16(15)20)21-11-9-18-14(13-21)10-12-24-18/h4*4-5,8-9,12,15,21H,6-7,10-11,13-14,16H2,1-3H3;3-6,10,12,17H,2,7-9,11,13H2,1H3. The maximum atomic E-state index is 11.8. The third-order valence-electron chi connectivity index (χ3n) is 28.6. The summed E-state index contributed by atoms with van der Waals surface area (Å²) in [5, 5.41) is 10.8. The number of halogens is 5. The van der Waals surface area contributed by atoms with Crippen molar-refractivity contribution in [2.45, 2.75) is 301 Å². The molecule has 0 saturated heterocycles. The fraction of sp³-hybridized carbons (Fsp3) is 0.505. The van der Waals surface area contributed by atoms with Gasteiger partial charge in [0.05, 0.1) is 19.1 Å². The molecule has 0 bridgehead atoms. The topological polar surface area (TPSA) is 137 Å². The van der Waals surface area contributed by atoms with Gasteiger partial charge in [-0.15, -0.1) is 34.0 Å². The third-order valence-corrected chi connectivity index (χ3v) is 33.4. The van der Waals surface area contributed by atoms with Gasteiger partial charge in [0.25, 0.3) is 0 Å². The molecular formula is C111H142Cl5N5O8S3. The van der Waals surface area contributed by atoms with Gasteiger partial charge in [0.15, 0.2) is 0 Å². The number of Topliss-reactive ketones (excluding diaryl/α,β-unsaturated/α-hetero) is 4. The van der Waals surface area contributed by atoms with Crippen LogP contribution in [0.5, 0.6) is 0 Å². The van der Waals surface area contributed by atoms with E-state index in [9.17, 15) is 24.0 Å². The van der Waals surface area contributed by atoms with Crippen molar-refractivity contribution in [2.75, 3.05) is 39.3 Å². The molecule has 5 atom stereocenters. The van der Waals surface area contributed by atoms with E-state index < -0.39 is 0 Å². The van der Waals surface area contributed by atoms with E-state index >= 15 is 0 Å². The first-order valence-corrected chi connectivity index (χ1v) is 52.6. The van der Waals surface area contributed by atoms with Crippen molar-refractivity contribution in [1.29, 1.82) is 0 Å². The molecule has 5 aromatic carbocycles. The summed E-state index contributed by atoms with van der Waals surface area (Å²) in [4.78, 5) is 76.1. The van der Waals surface area contributed by atoms with E-state index in [0.29, 0.717) is 37.2 Å². The molecule has 5 unspecified atom stereocenters. The van der Waals surface area contributed by atoms with Gasteiger partial charge in [-0.25, -0.2) is 0 Å². The summed E-state index contributed by atoms with van der Waals surface area (Å²) in [7, 11) is 0. The number of benzene rings is 5. The molecule has 5 aromatic heterocycles. The summed E-state index contributed by atoms with van der Waals surface area (Å²) in [5.41, 5.74) is 12.0. The van der Waals surface area contributed by atoms with E-state index in [-0.39, 0.29) is 56.8 Å². The average molecular weight is 1950 g/mol. The molecule has 0 spiro atoms. The first-order chi connectivity index (χ1) is 63.2. The van der Waals surface area contributed by atoms with Crippen molar-refractivity contribution >= 4 is 121 Å². The SMILES string of the molecule is CC(=O)C(C)(C)CCCCC(c1ccccc1Cl)N1CCc2occc2C1.CC(=O)C(C)(C)CCCCC(c1ccccc1Cl)N1CCc2occc2C1.CC(=O)C(C)(C)CCCCC(c1ccccc1Cl)N1CCc2sccc2C1.CC(=O)C(C)(C)CCCCC(c1ccccc1Cl)N1CCc2sccc2C1.CCOC(=O)CCC(c1ccccc1Cl)N1CCc2sccc2C1. The van der Waals surface area contributed by atoms with Crippen LogP contribution in [0.3, 0.4) is 0 Å². The Morgan fingerprint density at radius 1 is 0.333 bits per heavy atom. The highest BCUT2D eigenvalue weighted by Crippen LogP contribution is 2.44. The Balaban J connectivity index is 0.000000159. The number of esters is 1. The number of ketones is 4. The van der Waals surface area contributed by atoms with Gasteiger partial charge in [-0.3, -0.25) is 48.5 Å². The number of hydrogen-bond acceptors (Lipinski definition) is 16. The predicted molar refractivity (Wildman–Crippen MR) is 549 cm³/mol. The van der Waals surface area contributed by atoms with Gasteiger partial charge < -0.3 is 13.6 Å². The monoisotopic (exact) mass is 1940 g/mol. The molecule has 10 aromatic rings. The Hall–Kier alpha value is -6.84. The lowest BCUT2D eigenvalue weighted by Gasteiger charge is -2.35. The molecule has 10 heterocycles. The number of ether oxygens (including phenoxy) is 1. The van der Waals surface area contributed by atoms with Crippen molar-refractivity contribution < 1.29 is 37.5 Å². The number of carbonyl (C=O) groups is 5. The minimum absolute atomic E-state index is 0.135. The molecule has 5 aliphatic heterocycles. The zero-order valence-corrected chi connectivity index (χ0v) is 86.6. The number of thiophene rings is 3.